The van der Waals surface area contributed by atoms with Crippen molar-refractivity contribution in [2.45, 2.75) is 19.5 Å². The van der Waals surface area contributed by atoms with Gasteiger partial charge < -0.3 is 5.73 Å². The molecule has 0 aliphatic carbocycles. The number of nitrogens with zero attached hydrogens (tertiary/aromatic N) is 3. The second-order valence-corrected chi connectivity index (χ2v) is 4.25. The van der Waals surface area contributed by atoms with E-state index in [4.69, 9.17) is 5.73 Å². The molecule has 20 heavy (non-hydrogen) atoms. The minimum absolute atomic E-state index is 0.0620. The highest BCUT2D eigenvalue weighted by Gasteiger charge is 2.10. The highest BCUT2D eigenvalue weighted by molar-refractivity contribution is 5.95. The van der Waals surface area contributed by atoms with E-state index in [0.717, 1.165) is 5.56 Å². The van der Waals surface area contributed by atoms with Crippen LogP contribution in [0.4, 0.5) is 0 Å². The molecule has 7 nitrogen and oxygen atoms in total. The second kappa shape index (κ2) is 6.58. The Morgan fingerprint density at radius 2 is 1.95 bits per heavy atom. The smallest absolute Gasteiger partial charge is 0.248 e. The van der Waals surface area contributed by atoms with E-state index in [1.165, 1.54) is 4.68 Å². The van der Waals surface area contributed by atoms with Gasteiger partial charge in [0.15, 0.2) is 0 Å². The van der Waals surface area contributed by atoms with Gasteiger partial charge in [0.1, 0.15) is 6.54 Å². The Morgan fingerprint density at radius 1 is 1.20 bits per heavy atom. The summed E-state index contributed by atoms with van der Waals surface area (Å²) < 4.78 is 1.34. The maximum absolute atomic E-state index is 11.7. The standard InChI is InChI=1S/C13H15N5O2/c14-7-11-8-18(17-16-11)9-13(20)15-12(19)6-10-4-2-1-3-5-10/h1-5,8H,6-7,9,14H2,(H,15,19,20). The van der Waals surface area contributed by atoms with Crippen molar-refractivity contribution in [3.63, 3.8) is 0 Å². The summed E-state index contributed by atoms with van der Waals surface area (Å²) in [5.41, 5.74) is 6.83. The van der Waals surface area contributed by atoms with Crippen molar-refractivity contribution in [3.05, 3.63) is 47.8 Å². The first kappa shape index (κ1) is 13.9. The summed E-state index contributed by atoms with van der Waals surface area (Å²) >= 11 is 0. The van der Waals surface area contributed by atoms with Crippen LogP contribution in [0.15, 0.2) is 36.5 Å². The van der Waals surface area contributed by atoms with Gasteiger partial charge in [-0.25, -0.2) is 4.68 Å². The highest BCUT2D eigenvalue weighted by atomic mass is 16.2. The van der Waals surface area contributed by atoms with Crippen LogP contribution in [0, 0.1) is 0 Å². The number of imide groups is 1. The Hall–Kier alpha value is -2.54. The summed E-state index contributed by atoms with van der Waals surface area (Å²) in [4.78, 5) is 23.3. The molecule has 0 saturated heterocycles. The van der Waals surface area contributed by atoms with E-state index >= 15 is 0 Å². The number of benzene rings is 1. The van der Waals surface area contributed by atoms with E-state index in [2.05, 4.69) is 15.6 Å². The Morgan fingerprint density at radius 3 is 2.60 bits per heavy atom. The summed E-state index contributed by atoms with van der Waals surface area (Å²) in [6.07, 6.45) is 1.74. The van der Waals surface area contributed by atoms with Crippen molar-refractivity contribution < 1.29 is 9.59 Å². The molecule has 2 aromatic rings. The van der Waals surface area contributed by atoms with Gasteiger partial charge in [-0.15, -0.1) is 5.10 Å². The summed E-state index contributed by atoms with van der Waals surface area (Å²) in [5, 5.41) is 9.80. The van der Waals surface area contributed by atoms with Crippen LogP contribution in [0.5, 0.6) is 0 Å². The molecule has 0 radical (unpaired) electrons. The molecule has 2 rings (SSSR count). The van der Waals surface area contributed by atoms with E-state index in [9.17, 15) is 9.59 Å². The lowest BCUT2D eigenvalue weighted by molar-refractivity contribution is -0.130. The quantitative estimate of drug-likeness (QED) is 0.773. The number of hydrogen-bond acceptors (Lipinski definition) is 5. The van der Waals surface area contributed by atoms with Gasteiger partial charge in [0.25, 0.3) is 0 Å². The lowest BCUT2D eigenvalue weighted by Gasteiger charge is -2.04. The summed E-state index contributed by atoms with van der Waals surface area (Å²) in [5.74, 6) is -0.778. The van der Waals surface area contributed by atoms with E-state index in [-0.39, 0.29) is 25.4 Å². The summed E-state index contributed by atoms with van der Waals surface area (Å²) in [6.45, 7) is 0.197. The minimum atomic E-state index is -0.431. The average molecular weight is 273 g/mol. The van der Waals surface area contributed by atoms with Crippen LogP contribution in [-0.2, 0) is 29.1 Å². The van der Waals surface area contributed by atoms with Crippen molar-refractivity contribution >= 4 is 11.8 Å². The van der Waals surface area contributed by atoms with Crippen molar-refractivity contribution in [2.75, 3.05) is 0 Å². The first-order chi connectivity index (χ1) is 9.67. The Kier molecular flexibility index (Phi) is 4.56. The molecule has 0 saturated carbocycles. The second-order valence-electron chi connectivity index (χ2n) is 4.25. The lowest BCUT2D eigenvalue weighted by atomic mass is 10.1. The fraction of sp³-hybridized carbons (Fsp3) is 0.231. The third-order valence-electron chi connectivity index (χ3n) is 2.59. The molecule has 1 aromatic heterocycles. The van der Waals surface area contributed by atoms with Crippen LogP contribution in [0.25, 0.3) is 0 Å². The van der Waals surface area contributed by atoms with Crippen molar-refractivity contribution in [1.82, 2.24) is 20.3 Å². The third-order valence-corrected chi connectivity index (χ3v) is 2.59. The first-order valence-electron chi connectivity index (χ1n) is 6.13. The topological polar surface area (TPSA) is 103 Å². The molecule has 0 spiro atoms. The molecule has 0 atom stereocenters. The van der Waals surface area contributed by atoms with E-state index in [1.807, 2.05) is 30.3 Å². The summed E-state index contributed by atoms with van der Waals surface area (Å²) in [6, 6.07) is 9.21. The zero-order valence-corrected chi connectivity index (χ0v) is 10.8. The molecule has 0 unspecified atom stereocenters. The first-order valence-corrected chi connectivity index (χ1v) is 6.13. The van der Waals surface area contributed by atoms with Gasteiger partial charge in [0, 0.05) is 6.54 Å². The highest BCUT2D eigenvalue weighted by Crippen LogP contribution is 1.99. The SMILES string of the molecule is NCc1cn(CC(=O)NC(=O)Cc2ccccc2)nn1. The number of aromatic nitrogens is 3. The number of amides is 2. The Bertz CT molecular complexity index is 594. The van der Waals surface area contributed by atoms with Crippen LogP contribution < -0.4 is 11.1 Å². The van der Waals surface area contributed by atoms with Gasteiger partial charge in [0.05, 0.1) is 18.3 Å². The maximum atomic E-state index is 11.7. The number of carbonyl (C=O) groups excluding carboxylic acids is 2. The maximum Gasteiger partial charge on any atom is 0.248 e. The van der Waals surface area contributed by atoms with Gasteiger partial charge in [-0.05, 0) is 5.56 Å². The van der Waals surface area contributed by atoms with Gasteiger partial charge in [-0.3, -0.25) is 14.9 Å². The van der Waals surface area contributed by atoms with Crippen LogP contribution in [0.2, 0.25) is 0 Å². The van der Waals surface area contributed by atoms with Crippen molar-refractivity contribution in [2.24, 2.45) is 5.73 Å². The predicted molar refractivity (Wildman–Crippen MR) is 71.2 cm³/mol. The fourth-order valence-corrected chi connectivity index (χ4v) is 1.68. The number of nitrogens with two attached hydrogens (primary N) is 1. The molecule has 1 aromatic carbocycles. The van der Waals surface area contributed by atoms with Gasteiger partial charge in [-0.2, -0.15) is 0 Å². The predicted octanol–water partition coefficient (Wildman–Crippen LogP) is -0.378. The Labute approximate surface area is 115 Å². The zero-order chi connectivity index (χ0) is 14.4. The molecule has 1 heterocycles. The fourth-order valence-electron chi connectivity index (χ4n) is 1.68. The average Bonchev–Trinajstić information content (AvgIpc) is 2.87. The largest absolute Gasteiger partial charge is 0.325 e. The van der Waals surface area contributed by atoms with Crippen LogP contribution >= 0.6 is 0 Å². The molecule has 0 fully saturated rings. The molecule has 0 bridgehead atoms. The molecule has 3 N–H and O–H groups in total. The molecule has 0 aliphatic rings. The molecular weight excluding hydrogens is 258 g/mol. The normalized spacial score (nSPS) is 10.2. The number of carbonyl (C=O) groups is 2. The third kappa shape index (κ3) is 3.99. The number of nitrogens with one attached hydrogen (secondary N) is 1. The van der Waals surface area contributed by atoms with Crippen molar-refractivity contribution in [1.29, 1.82) is 0 Å². The summed E-state index contributed by atoms with van der Waals surface area (Å²) in [7, 11) is 0. The molecule has 7 heteroatoms. The minimum Gasteiger partial charge on any atom is -0.325 e. The Balaban J connectivity index is 1.83. The van der Waals surface area contributed by atoms with E-state index < -0.39 is 5.91 Å². The molecule has 0 aliphatic heterocycles. The van der Waals surface area contributed by atoms with Crippen LogP contribution in [-0.4, -0.2) is 26.8 Å². The molecule has 104 valence electrons. The number of hydrogen-bond donors (Lipinski definition) is 2. The van der Waals surface area contributed by atoms with Gasteiger partial charge in [0.2, 0.25) is 11.8 Å². The van der Waals surface area contributed by atoms with Gasteiger partial charge >= 0.3 is 0 Å². The monoisotopic (exact) mass is 273 g/mol. The van der Waals surface area contributed by atoms with Crippen molar-refractivity contribution in [3.8, 4) is 0 Å². The van der Waals surface area contributed by atoms with Crippen LogP contribution in [0.3, 0.4) is 0 Å². The van der Waals surface area contributed by atoms with Gasteiger partial charge in [-0.1, -0.05) is 35.5 Å². The van der Waals surface area contributed by atoms with Crippen LogP contribution in [0.1, 0.15) is 11.3 Å². The molecule has 2 amide bonds. The van der Waals surface area contributed by atoms with E-state index in [0.29, 0.717) is 5.69 Å². The molecular formula is C13H15N5O2. The zero-order valence-electron chi connectivity index (χ0n) is 10.8. The lowest BCUT2D eigenvalue weighted by Crippen LogP contribution is -2.34. The number of rotatable bonds is 5. The van der Waals surface area contributed by atoms with E-state index in [1.54, 1.807) is 6.20 Å².